The number of nitriles is 1. The Balaban J connectivity index is 2.06. The molecule has 1 aliphatic rings. The SMILES string of the molecule is CN1CCN(c2cc(C#N)c3ccccc3n2)C(CN)C1. The van der Waals surface area contributed by atoms with Gasteiger partial charge in [-0.25, -0.2) is 4.98 Å². The van der Waals surface area contributed by atoms with Gasteiger partial charge in [0.2, 0.25) is 0 Å². The van der Waals surface area contributed by atoms with Crippen LogP contribution >= 0.6 is 0 Å². The fraction of sp³-hybridized carbons (Fsp3) is 0.375. The maximum absolute atomic E-state index is 9.39. The second kappa shape index (κ2) is 5.68. The Morgan fingerprint density at radius 1 is 1.38 bits per heavy atom. The van der Waals surface area contributed by atoms with Crippen LogP contribution in [0.15, 0.2) is 30.3 Å². The van der Waals surface area contributed by atoms with Crippen molar-refractivity contribution in [2.45, 2.75) is 6.04 Å². The highest BCUT2D eigenvalue weighted by Crippen LogP contribution is 2.24. The maximum atomic E-state index is 9.39. The number of aromatic nitrogens is 1. The van der Waals surface area contributed by atoms with Gasteiger partial charge in [0.25, 0.3) is 0 Å². The van der Waals surface area contributed by atoms with E-state index in [0.29, 0.717) is 12.1 Å². The lowest BCUT2D eigenvalue weighted by Gasteiger charge is -2.40. The zero-order valence-corrected chi connectivity index (χ0v) is 12.2. The standard InChI is InChI=1S/C16H19N5/c1-20-6-7-21(13(10-18)11-20)16-8-12(9-17)14-4-2-3-5-15(14)19-16/h2-5,8,13H,6-7,10-11,18H2,1H3. The summed E-state index contributed by atoms with van der Waals surface area (Å²) in [4.78, 5) is 9.24. The first-order valence-corrected chi connectivity index (χ1v) is 7.18. The molecule has 1 aliphatic heterocycles. The Bertz CT molecular complexity index is 691. The van der Waals surface area contributed by atoms with Crippen molar-refractivity contribution in [1.82, 2.24) is 9.88 Å². The van der Waals surface area contributed by atoms with Gasteiger partial charge < -0.3 is 15.5 Å². The molecule has 0 spiro atoms. The normalized spacial score (nSPS) is 19.7. The summed E-state index contributed by atoms with van der Waals surface area (Å²) >= 11 is 0. The van der Waals surface area contributed by atoms with Gasteiger partial charge in [0.15, 0.2) is 0 Å². The average Bonchev–Trinajstić information content (AvgIpc) is 2.53. The molecule has 1 saturated heterocycles. The van der Waals surface area contributed by atoms with Crippen LogP contribution in [0.4, 0.5) is 5.82 Å². The van der Waals surface area contributed by atoms with Crippen LogP contribution in [0.25, 0.3) is 10.9 Å². The van der Waals surface area contributed by atoms with Gasteiger partial charge >= 0.3 is 0 Å². The third-order valence-corrected chi connectivity index (χ3v) is 4.08. The zero-order chi connectivity index (χ0) is 14.8. The van der Waals surface area contributed by atoms with Crippen molar-refractivity contribution in [2.75, 3.05) is 38.1 Å². The Morgan fingerprint density at radius 2 is 2.19 bits per heavy atom. The predicted octanol–water partition coefficient (Wildman–Crippen LogP) is 1.19. The van der Waals surface area contributed by atoms with Crippen LogP contribution in [0, 0.1) is 11.3 Å². The molecule has 2 N–H and O–H groups in total. The minimum atomic E-state index is 0.240. The van der Waals surface area contributed by atoms with Crippen LogP contribution in [0.2, 0.25) is 0 Å². The Hall–Kier alpha value is -2.16. The van der Waals surface area contributed by atoms with Crippen molar-refractivity contribution in [3.63, 3.8) is 0 Å². The van der Waals surface area contributed by atoms with Crippen LogP contribution in [-0.4, -0.2) is 49.2 Å². The third-order valence-electron chi connectivity index (χ3n) is 4.08. The molecule has 0 bridgehead atoms. The highest BCUT2D eigenvalue weighted by Gasteiger charge is 2.25. The summed E-state index contributed by atoms with van der Waals surface area (Å²) in [5.41, 5.74) is 7.45. The summed E-state index contributed by atoms with van der Waals surface area (Å²) in [5, 5.41) is 10.3. The number of hydrogen-bond donors (Lipinski definition) is 1. The van der Waals surface area contributed by atoms with Crippen molar-refractivity contribution in [3.05, 3.63) is 35.9 Å². The highest BCUT2D eigenvalue weighted by atomic mass is 15.3. The summed E-state index contributed by atoms with van der Waals surface area (Å²) in [6.45, 7) is 3.37. The van der Waals surface area contributed by atoms with Gasteiger partial charge in [0.1, 0.15) is 5.82 Å². The van der Waals surface area contributed by atoms with E-state index in [1.807, 2.05) is 30.3 Å². The molecule has 5 nitrogen and oxygen atoms in total. The van der Waals surface area contributed by atoms with E-state index in [0.717, 1.165) is 36.4 Å². The Kier molecular flexibility index (Phi) is 3.74. The fourth-order valence-corrected chi connectivity index (χ4v) is 2.92. The van der Waals surface area contributed by atoms with E-state index >= 15 is 0 Å². The Labute approximate surface area is 124 Å². The molecule has 1 atom stereocenters. The molecule has 2 aromatic rings. The minimum Gasteiger partial charge on any atom is -0.350 e. The maximum Gasteiger partial charge on any atom is 0.130 e. The average molecular weight is 281 g/mol. The first-order chi connectivity index (χ1) is 10.2. The lowest BCUT2D eigenvalue weighted by molar-refractivity contribution is 0.269. The van der Waals surface area contributed by atoms with E-state index in [4.69, 9.17) is 10.7 Å². The molecule has 0 aliphatic carbocycles. The van der Waals surface area contributed by atoms with Crippen molar-refractivity contribution in [2.24, 2.45) is 5.73 Å². The van der Waals surface area contributed by atoms with E-state index in [2.05, 4.69) is 22.9 Å². The van der Waals surface area contributed by atoms with Crippen LogP contribution in [0.1, 0.15) is 5.56 Å². The molecular weight excluding hydrogens is 262 g/mol. The molecule has 0 amide bonds. The monoisotopic (exact) mass is 281 g/mol. The first kappa shape index (κ1) is 13.8. The quantitative estimate of drug-likeness (QED) is 0.895. The van der Waals surface area contributed by atoms with E-state index in [1.54, 1.807) is 0 Å². The molecule has 0 radical (unpaired) electrons. The third kappa shape index (κ3) is 2.56. The molecule has 21 heavy (non-hydrogen) atoms. The second-order valence-electron chi connectivity index (χ2n) is 5.50. The number of nitrogens with zero attached hydrogens (tertiary/aromatic N) is 4. The van der Waals surface area contributed by atoms with Gasteiger partial charge in [-0.15, -0.1) is 0 Å². The molecule has 1 fully saturated rings. The van der Waals surface area contributed by atoms with Gasteiger partial charge in [-0.05, 0) is 19.2 Å². The Morgan fingerprint density at radius 3 is 2.95 bits per heavy atom. The number of hydrogen-bond acceptors (Lipinski definition) is 5. The second-order valence-corrected chi connectivity index (χ2v) is 5.50. The number of rotatable bonds is 2. The van der Waals surface area contributed by atoms with E-state index in [9.17, 15) is 5.26 Å². The molecule has 1 aromatic carbocycles. The smallest absolute Gasteiger partial charge is 0.130 e. The lowest BCUT2D eigenvalue weighted by atomic mass is 10.1. The molecule has 5 heteroatoms. The summed E-state index contributed by atoms with van der Waals surface area (Å²) < 4.78 is 0. The molecule has 3 rings (SSSR count). The summed E-state index contributed by atoms with van der Waals surface area (Å²) in [6, 6.07) is 12.2. The predicted molar refractivity (Wildman–Crippen MR) is 84.1 cm³/mol. The van der Waals surface area contributed by atoms with Gasteiger partial charge in [0, 0.05) is 31.6 Å². The van der Waals surface area contributed by atoms with Crippen LogP contribution < -0.4 is 10.6 Å². The molecule has 1 unspecified atom stereocenters. The van der Waals surface area contributed by atoms with Crippen molar-refractivity contribution in [3.8, 4) is 6.07 Å². The van der Waals surface area contributed by atoms with Crippen molar-refractivity contribution < 1.29 is 0 Å². The van der Waals surface area contributed by atoms with Gasteiger partial charge in [-0.3, -0.25) is 0 Å². The molecule has 1 aromatic heterocycles. The number of anilines is 1. The van der Waals surface area contributed by atoms with Crippen LogP contribution in [0.3, 0.4) is 0 Å². The van der Waals surface area contributed by atoms with E-state index in [-0.39, 0.29) is 6.04 Å². The summed E-state index contributed by atoms with van der Waals surface area (Å²) in [5.74, 6) is 0.855. The van der Waals surface area contributed by atoms with E-state index < -0.39 is 0 Å². The van der Waals surface area contributed by atoms with Gasteiger partial charge in [-0.2, -0.15) is 5.26 Å². The number of nitrogens with two attached hydrogens (primary N) is 1. The summed E-state index contributed by atoms with van der Waals surface area (Å²) in [6.07, 6.45) is 0. The number of pyridine rings is 1. The first-order valence-electron chi connectivity index (χ1n) is 7.18. The van der Waals surface area contributed by atoms with Crippen molar-refractivity contribution >= 4 is 16.7 Å². The zero-order valence-electron chi connectivity index (χ0n) is 12.2. The van der Waals surface area contributed by atoms with Crippen LogP contribution in [0.5, 0.6) is 0 Å². The lowest BCUT2D eigenvalue weighted by Crippen LogP contribution is -2.55. The molecule has 2 heterocycles. The van der Waals surface area contributed by atoms with Gasteiger partial charge in [-0.1, -0.05) is 18.2 Å². The van der Waals surface area contributed by atoms with Crippen molar-refractivity contribution in [1.29, 1.82) is 5.26 Å². The molecule has 108 valence electrons. The number of para-hydroxylation sites is 1. The highest BCUT2D eigenvalue weighted by molar-refractivity contribution is 5.86. The fourth-order valence-electron chi connectivity index (χ4n) is 2.92. The number of fused-ring (bicyclic) bond motifs is 1. The number of piperazine rings is 1. The van der Waals surface area contributed by atoms with Crippen LogP contribution in [-0.2, 0) is 0 Å². The number of likely N-dealkylation sites (N-methyl/N-ethyl adjacent to an activating group) is 1. The summed E-state index contributed by atoms with van der Waals surface area (Å²) in [7, 11) is 2.11. The number of benzene rings is 1. The molecular formula is C16H19N5. The van der Waals surface area contributed by atoms with Gasteiger partial charge in [0.05, 0.1) is 23.2 Å². The largest absolute Gasteiger partial charge is 0.350 e. The minimum absolute atomic E-state index is 0.240. The topological polar surface area (TPSA) is 69.2 Å². The molecule has 0 saturated carbocycles. The van der Waals surface area contributed by atoms with E-state index in [1.165, 1.54) is 0 Å².